The molecule has 2 aliphatic rings. The Morgan fingerprint density at radius 3 is 2.88 bits per heavy atom. The maximum absolute atomic E-state index is 12.1. The summed E-state index contributed by atoms with van der Waals surface area (Å²) in [6.45, 7) is 3.05. The highest BCUT2D eigenvalue weighted by Crippen LogP contribution is 2.39. The maximum Gasteiger partial charge on any atom is 0.220 e. The summed E-state index contributed by atoms with van der Waals surface area (Å²) in [5.41, 5.74) is 1.35. The summed E-state index contributed by atoms with van der Waals surface area (Å²) >= 11 is 0. The van der Waals surface area contributed by atoms with Crippen LogP contribution in [-0.4, -0.2) is 40.9 Å². The molecule has 132 valence electrons. The quantitative estimate of drug-likeness (QED) is 0.556. The molecule has 2 fully saturated rings. The standard InChI is InChI=1S/C19H28N2OS2/c22-19(9-5-4-8-18-11-13-23-24-18)20-17-10-12-21(15-17)14-16-6-2-1-3-7-16/h1-3,6-7,17-18H,4-5,8-15H2,(H,20,22)/t17-,18-/m1/s1. The number of carbonyl (C=O) groups excluding carboxylic acids is 1. The molecule has 0 aliphatic carbocycles. The molecule has 1 aromatic rings. The predicted octanol–water partition coefficient (Wildman–Crippen LogP) is 4.09. The maximum atomic E-state index is 12.1. The zero-order valence-electron chi connectivity index (χ0n) is 14.3. The summed E-state index contributed by atoms with van der Waals surface area (Å²) in [6, 6.07) is 10.9. The fourth-order valence-corrected chi connectivity index (χ4v) is 6.49. The second-order valence-electron chi connectivity index (χ2n) is 6.85. The van der Waals surface area contributed by atoms with E-state index in [2.05, 4.69) is 40.5 Å². The molecule has 0 radical (unpaired) electrons. The average molecular weight is 365 g/mol. The molecule has 5 heteroatoms. The normalized spacial score (nSPS) is 24.3. The molecule has 1 aromatic carbocycles. The van der Waals surface area contributed by atoms with Crippen molar-refractivity contribution in [3.05, 3.63) is 35.9 Å². The highest BCUT2D eigenvalue weighted by atomic mass is 33.1. The molecule has 2 atom stereocenters. The van der Waals surface area contributed by atoms with Crippen LogP contribution in [0.5, 0.6) is 0 Å². The van der Waals surface area contributed by atoms with Crippen LogP contribution in [0.15, 0.2) is 30.3 Å². The van der Waals surface area contributed by atoms with Gasteiger partial charge in [-0.1, -0.05) is 58.3 Å². The first-order valence-corrected chi connectivity index (χ1v) is 11.5. The number of amides is 1. The van der Waals surface area contributed by atoms with Crippen LogP contribution in [0.3, 0.4) is 0 Å². The average Bonchev–Trinajstić information content (AvgIpc) is 3.25. The molecular formula is C19H28N2OS2. The van der Waals surface area contributed by atoms with Crippen LogP contribution in [0.4, 0.5) is 0 Å². The Hall–Kier alpha value is -0.650. The predicted molar refractivity (Wildman–Crippen MR) is 105 cm³/mol. The summed E-state index contributed by atoms with van der Waals surface area (Å²) in [6.07, 6.45) is 6.62. The Morgan fingerprint density at radius 2 is 2.08 bits per heavy atom. The number of carbonyl (C=O) groups is 1. The molecule has 24 heavy (non-hydrogen) atoms. The first-order chi connectivity index (χ1) is 11.8. The molecule has 0 saturated carbocycles. The van der Waals surface area contributed by atoms with Crippen LogP contribution in [-0.2, 0) is 11.3 Å². The minimum atomic E-state index is 0.245. The summed E-state index contributed by atoms with van der Waals surface area (Å²) < 4.78 is 0. The van der Waals surface area contributed by atoms with Crippen LogP contribution in [0.1, 0.15) is 44.1 Å². The van der Waals surface area contributed by atoms with Gasteiger partial charge >= 0.3 is 0 Å². The van der Waals surface area contributed by atoms with Crippen molar-refractivity contribution in [3.63, 3.8) is 0 Å². The van der Waals surface area contributed by atoms with E-state index in [-0.39, 0.29) is 5.91 Å². The summed E-state index contributed by atoms with van der Waals surface area (Å²) in [5.74, 6) is 1.55. The minimum Gasteiger partial charge on any atom is -0.352 e. The van der Waals surface area contributed by atoms with Crippen molar-refractivity contribution >= 4 is 27.5 Å². The van der Waals surface area contributed by atoms with Crippen molar-refractivity contribution < 1.29 is 4.79 Å². The third-order valence-electron chi connectivity index (χ3n) is 4.79. The Bertz CT molecular complexity index is 505. The molecule has 1 amide bonds. The molecule has 2 saturated heterocycles. The van der Waals surface area contributed by atoms with E-state index in [9.17, 15) is 4.79 Å². The van der Waals surface area contributed by atoms with Crippen molar-refractivity contribution in [2.45, 2.75) is 56.4 Å². The highest BCUT2D eigenvalue weighted by molar-refractivity contribution is 8.77. The lowest BCUT2D eigenvalue weighted by Crippen LogP contribution is -2.36. The third kappa shape index (κ3) is 6.01. The zero-order valence-corrected chi connectivity index (χ0v) is 15.9. The Morgan fingerprint density at radius 1 is 1.21 bits per heavy atom. The minimum absolute atomic E-state index is 0.245. The molecule has 2 heterocycles. The van der Waals surface area contributed by atoms with Gasteiger partial charge in [-0.25, -0.2) is 0 Å². The van der Waals surface area contributed by atoms with E-state index < -0.39 is 0 Å². The Balaban J connectivity index is 1.28. The van der Waals surface area contributed by atoms with E-state index in [1.54, 1.807) is 0 Å². The van der Waals surface area contributed by atoms with Crippen LogP contribution in [0, 0.1) is 0 Å². The van der Waals surface area contributed by atoms with Gasteiger partial charge in [0, 0.05) is 43.1 Å². The molecule has 3 nitrogen and oxygen atoms in total. The van der Waals surface area contributed by atoms with Gasteiger partial charge in [-0.05, 0) is 31.2 Å². The SMILES string of the molecule is O=C(CCCC[C@@H]1CCSS1)N[C@@H]1CCN(Cc2ccccc2)C1. The van der Waals surface area contributed by atoms with Gasteiger partial charge in [-0.2, -0.15) is 0 Å². The van der Waals surface area contributed by atoms with Gasteiger partial charge in [0.25, 0.3) is 0 Å². The fourth-order valence-electron chi connectivity index (χ4n) is 3.46. The van der Waals surface area contributed by atoms with Crippen molar-refractivity contribution in [3.8, 4) is 0 Å². The van der Waals surface area contributed by atoms with Gasteiger partial charge in [0.05, 0.1) is 0 Å². The lowest BCUT2D eigenvalue weighted by molar-refractivity contribution is -0.121. The van der Waals surface area contributed by atoms with Crippen LogP contribution < -0.4 is 5.32 Å². The van der Waals surface area contributed by atoms with Crippen LogP contribution >= 0.6 is 21.6 Å². The van der Waals surface area contributed by atoms with Crippen LogP contribution in [0.2, 0.25) is 0 Å². The third-order valence-corrected chi connectivity index (χ3v) is 7.80. The number of unbranched alkanes of at least 4 members (excludes halogenated alkanes) is 1. The fraction of sp³-hybridized carbons (Fsp3) is 0.632. The summed E-state index contributed by atoms with van der Waals surface area (Å²) in [7, 11) is 4.04. The lowest BCUT2D eigenvalue weighted by Gasteiger charge is -2.17. The molecule has 0 bridgehead atoms. The molecular weight excluding hydrogens is 336 g/mol. The van der Waals surface area contributed by atoms with Gasteiger partial charge in [0.2, 0.25) is 5.91 Å². The second-order valence-corrected chi connectivity index (χ2v) is 9.64. The smallest absolute Gasteiger partial charge is 0.220 e. The first kappa shape index (κ1) is 18.2. The number of benzene rings is 1. The number of nitrogens with zero attached hydrogens (tertiary/aromatic N) is 1. The summed E-state index contributed by atoms with van der Waals surface area (Å²) in [4.78, 5) is 14.6. The molecule has 0 spiro atoms. The van der Waals surface area contributed by atoms with E-state index in [0.717, 1.165) is 37.7 Å². The van der Waals surface area contributed by atoms with Gasteiger partial charge in [-0.15, -0.1) is 0 Å². The molecule has 2 aliphatic heterocycles. The van der Waals surface area contributed by atoms with E-state index in [1.165, 1.54) is 30.6 Å². The molecule has 3 rings (SSSR count). The van der Waals surface area contributed by atoms with Crippen molar-refractivity contribution in [2.24, 2.45) is 0 Å². The molecule has 0 aromatic heterocycles. The number of likely N-dealkylation sites (tertiary alicyclic amines) is 1. The number of hydrogen-bond acceptors (Lipinski definition) is 4. The first-order valence-electron chi connectivity index (χ1n) is 9.13. The lowest BCUT2D eigenvalue weighted by atomic mass is 10.1. The largest absolute Gasteiger partial charge is 0.352 e. The van der Waals surface area contributed by atoms with Gasteiger partial charge in [0.1, 0.15) is 0 Å². The van der Waals surface area contributed by atoms with E-state index >= 15 is 0 Å². The monoisotopic (exact) mass is 364 g/mol. The van der Waals surface area contributed by atoms with Gasteiger partial charge in [0.15, 0.2) is 0 Å². The Kier molecular flexibility index (Phi) is 7.36. The van der Waals surface area contributed by atoms with E-state index in [1.807, 2.05) is 21.6 Å². The molecule has 0 unspecified atom stereocenters. The number of nitrogens with one attached hydrogen (secondary N) is 1. The van der Waals surface area contributed by atoms with Crippen molar-refractivity contribution in [2.75, 3.05) is 18.8 Å². The van der Waals surface area contributed by atoms with Gasteiger partial charge < -0.3 is 5.32 Å². The van der Waals surface area contributed by atoms with Crippen molar-refractivity contribution in [1.82, 2.24) is 10.2 Å². The van der Waals surface area contributed by atoms with Gasteiger partial charge in [-0.3, -0.25) is 9.69 Å². The van der Waals surface area contributed by atoms with E-state index in [4.69, 9.17) is 0 Å². The number of rotatable bonds is 8. The van der Waals surface area contributed by atoms with E-state index in [0.29, 0.717) is 12.5 Å². The highest BCUT2D eigenvalue weighted by Gasteiger charge is 2.23. The van der Waals surface area contributed by atoms with Crippen molar-refractivity contribution in [1.29, 1.82) is 0 Å². The zero-order chi connectivity index (χ0) is 16.6. The molecule has 1 N–H and O–H groups in total. The number of hydrogen-bond donors (Lipinski definition) is 1. The topological polar surface area (TPSA) is 32.3 Å². The summed E-state index contributed by atoms with van der Waals surface area (Å²) in [5, 5.41) is 4.07. The Labute approximate surface area is 153 Å². The second kappa shape index (κ2) is 9.73. The van der Waals surface area contributed by atoms with Crippen LogP contribution in [0.25, 0.3) is 0 Å².